The summed E-state index contributed by atoms with van der Waals surface area (Å²) in [4.78, 5) is 24.9. The molecular weight excluding hydrogens is 344 g/mol. The van der Waals surface area contributed by atoms with Crippen LogP contribution in [0.15, 0.2) is 53.3 Å². The van der Waals surface area contributed by atoms with Crippen LogP contribution in [0.1, 0.15) is 25.3 Å². The molecule has 0 radical (unpaired) electrons. The van der Waals surface area contributed by atoms with Crippen LogP contribution in [0, 0.1) is 0 Å². The first-order chi connectivity index (χ1) is 12.0. The van der Waals surface area contributed by atoms with E-state index >= 15 is 0 Å². The first-order valence-corrected chi connectivity index (χ1v) is 8.12. The molecule has 1 aliphatic heterocycles. The van der Waals surface area contributed by atoms with Gasteiger partial charge in [0.1, 0.15) is 6.61 Å². The maximum atomic E-state index is 12.5. The fraction of sp³-hybridized carbons (Fsp3) is 0.278. The molecule has 1 unspecified atom stereocenters. The van der Waals surface area contributed by atoms with Crippen molar-refractivity contribution in [2.45, 2.75) is 19.8 Å². The second-order valence-electron chi connectivity index (χ2n) is 5.24. The number of esters is 2. The van der Waals surface area contributed by atoms with E-state index < -0.39 is 17.9 Å². The summed E-state index contributed by atoms with van der Waals surface area (Å²) >= 11 is 6.08. The summed E-state index contributed by atoms with van der Waals surface area (Å²) < 4.78 is 10.3. The molecule has 0 aliphatic carbocycles. The molecule has 25 heavy (non-hydrogen) atoms. The number of nitrogens with one attached hydrogen (secondary N) is 1. The fourth-order valence-electron chi connectivity index (χ4n) is 2.48. The van der Waals surface area contributed by atoms with Gasteiger partial charge in [0, 0.05) is 10.7 Å². The fourth-order valence-corrected chi connectivity index (χ4v) is 2.68. The number of nitrogens with zero attached hydrogens (tertiary/aromatic N) is 1. The van der Waals surface area contributed by atoms with E-state index in [9.17, 15) is 9.59 Å². The quantitative estimate of drug-likeness (QED) is 0.622. The molecule has 1 aromatic carbocycles. The van der Waals surface area contributed by atoms with Crippen LogP contribution in [0.5, 0.6) is 0 Å². The molecule has 1 heterocycles. The van der Waals surface area contributed by atoms with Gasteiger partial charge < -0.3 is 9.47 Å². The summed E-state index contributed by atoms with van der Waals surface area (Å²) in [5.74, 6) is -1.91. The van der Waals surface area contributed by atoms with Crippen LogP contribution < -0.4 is 5.43 Å². The van der Waals surface area contributed by atoms with Gasteiger partial charge in [0.15, 0.2) is 5.71 Å². The Morgan fingerprint density at radius 1 is 1.36 bits per heavy atom. The molecule has 0 amide bonds. The van der Waals surface area contributed by atoms with Gasteiger partial charge in [-0.1, -0.05) is 36.4 Å². The van der Waals surface area contributed by atoms with Crippen molar-refractivity contribution in [1.82, 2.24) is 5.43 Å². The number of hydrogen-bond donors (Lipinski definition) is 1. The van der Waals surface area contributed by atoms with E-state index in [-0.39, 0.29) is 18.9 Å². The van der Waals surface area contributed by atoms with Gasteiger partial charge in [0.25, 0.3) is 0 Å². The van der Waals surface area contributed by atoms with Gasteiger partial charge >= 0.3 is 11.9 Å². The summed E-state index contributed by atoms with van der Waals surface area (Å²) in [5, 5.41) is 4.57. The Kier molecular flexibility index (Phi) is 6.36. The number of ether oxygens (including phenoxy) is 2. The van der Waals surface area contributed by atoms with Crippen LogP contribution in [0.4, 0.5) is 0 Å². The molecule has 0 saturated heterocycles. The average Bonchev–Trinajstić information content (AvgIpc) is 2.59. The molecule has 132 valence electrons. The first-order valence-electron chi connectivity index (χ1n) is 7.74. The lowest BCUT2D eigenvalue weighted by molar-refractivity contribution is -0.138. The summed E-state index contributed by atoms with van der Waals surface area (Å²) in [7, 11) is 0. The molecule has 0 spiro atoms. The van der Waals surface area contributed by atoms with Crippen molar-refractivity contribution >= 4 is 29.3 Å². The molecule has 6 nitrogen and oxygen atoms in total. The highest BCUT2D eigenvalue weighted by atomic mass is 35.5. The SMILES string of the molecule is C=CCOC(=O)C1=NNC(C)=C(C(=O)OCC)C1c1cccc(Cl)c1. The molecule has 2 rings (SSSR count). The third kappa shape index (κ3) is 4.28. The summed E-state index contributed by atoms with van der Waals surface area (Å²) in [6.45, 7) is 7.17. The highest BCUT2D eigenvalue weighted by molar-refractivity contribution is 6.40. The normalized spacial score (nSPS) is 16.6. The van der Waals surface area contributed by atoms with Crippen molar-refractivity contribution in [3.05, 3.63) is 58.8 Å². The lowest BCUT2D eigenvalue weighted by Gasteiger charge is -2.26. The van der Waals surface area contributed by atoms with Crippen molar-refractivity contribution in [1.29, 1.82) is 0 Å². The Bertz CT molecular complexity index is 755. The summed E-state index contributed by atoms with van der Waals surface area (Å²) in [6, 6.07) is 6.90. The number of allylic oxidation sites excluding steroid dienone is 1. The number of carbonyl (C=O) groups is 2. The minimum Gasteiger partial charge on any atom is -0.463 e. The molecular formula is C18H19ClN2O4. The second kappa shape index (κ2) is 8.48. The van der Waals surface area contributed by atoms with Crippen LogP contribution in [0.3, 0.4) is 0 Å². The predicted octanol–water partition coefficient (Wildman–Crippen LogP) is 2.95. The second-order valence-corrected chi connectivity index (χ2v) is 5.68. The first kappa shape index (κ1) is 18.7. The maximum absolute atomic E-state index is 12.5. The molecule has 0 fully saturated rings. The van der Waals surface area contributed by atoms with E-state index in [0.29, 0.717) is 21.9 Å². The summed E-state index contributed by atoms with van der Waals surface area (Å²) in [5.41, 5.74) is 4.20. The van der Waals surface area contributed by atoms with E-state index in [0.717, 1.165) is 0 Å². The van der Waals surface area contributed by atoms with Crippen LogP contribution in [0.2, 0.25) is 5.02 Å². The van der Waals surface area contributed by atoms with Crippen LogP contribution >= 0.6 is 11.6 Å². The smallest absolute Gasteiger partial charge is 0.355 e. The van der Waals surface area contributed by atoms with Crippen LogP contribution in [-0.2, 0) is 19.1 Å². The Labute approximate surface area is 151 Å². The molecule has 0 aromatic heterocycles. The lowest BCUT2D eigenvalue weighted by Crippen LogP contribution is -2.36. The van der Waals surface area contributed by atoms with Gasteiger partial charge in [-0.15, -0.1) is 0 Å². The zero-order valence-electron chi connectivity index (χ0n) is 14.0. The van der Waals surface area contributed by atoms with Crippen molar-refractivity contribution < 1.29 is 19.1 Å². The van der Waals surface area contributed by atoms with Crippen molar-refractivity contribution in [3.63, 3.8) is 0 Å². The number of rotatable bonds is 6. The highest BCUT2D eigenvalue weighted by Gasteiger charge is 2.37. The minimum absolute atomic E-state index is 0.0392. The number of hydrazone groups is 1. The third-order valence-corrected chi connectivity index (χ3v) is 3.76. The molecule has 0 saturated carbocycles. The van der Waals surface area contributed by atoms with E-state index in [1.165, 1.54) is 6.08 Å². The number of benzene rings is 1. The largest absolute Gasteiger partial charge is 0.463 e. The monoisotopic (exact) mass is 362 g/mol. The van der Waals surface area contributed by atoms with Crippen LogP contribution in [-0.4, -0.2) is 30.9 Å². The molecule has 1 aromatic rings. The van der Waals surface area contributed by atoms with E-state index in [1.807, 2.05) is 0 Å². The van der Waals surface area contributed by atoms with Gasteiger partial charge in [-0.3, -0.25) is 5.43 Å². The Morgan fingerprint density at radius 3 is 2.76 bits per heavy atom. The van der Waals surface area contributed by atoms with Gasteiger partial charge in [0.05, 0.1) is 18.1 Å². The topological polar surface area (TPSA) is 77.0 Å². The standard InChI is InChI=1S/C18H19ClN2O4/c1-4-9-25-18(23)16-15(12-7-6-8-13(19)10-12)14(11(3)20-21-16)17(22)24-5-2/h4,6-8,10,15,20H,1,5,9H2,2-3H3. The van der Waals surface area contributed by atoms with Crippen LogP contribution in [0.25, 0.3) is 0 Å². The van der Waals surface area contributed by atoms with E-state index in [2.05, 4.69) is 17.1 Å². The Hall–Kier alpha value is -2.60. The van der Waals surface area contributed by atoms with E-state index in [1.54, 1.807) is 38.1 Å². The highest BCUT2D eigenvalue weighted by Crippen LogP contribution is 2.33. The Balaban J connectivity index is 2.51. The van der Waals surface area contributed by atoms with Crippen molar-refractivity contribution in [2.75, 3.05) is 13.2 Å². The predicted molar refractivity (Wildman–Crippen MR) is 95.3 cm³/mol. The molecule has 0 bridgehead atoms. The maximum Gasteiger partial charge on any atom is 0.355 e. The molecule has 1 aliphatic rings. The Morgan fingerprint density at radius 2 is 2.12 bits per heavy atom. The summed E-state index contributed by atoms with van der Waals surface area (Å²) in [6.07, 6.45) is 1.45. The van der Waals surface area contributed by atoms with Gasteiger partial charge in [-0.05, 0) is 31.5 Å². The van der Waals surface area contributed by atoms with E-state index in [4.69, 9.17) is 21.1 Å². The zero-order chi connectivity index (χ0) is 18.4. The van der Waals surface area contributed by atoms with Gasteiger partial charge in [-0.2, -0.15) is 5.10 Å². The molecule has 1 atom stereocenters. The van der Waals surface area contributed by atoms with Gasteiger partial charge in [-0.25, -0.2) is 9.59 Å². The lowest BCUT2D eigenvalue weighted by atomic mass is 9.84. The number of hydrogen-bond acceptors (Lipinski definition) is 6. The number of halogens is 1. The minimum atomic E-state index is -0.740. The van der Waals surface area contributed by atoms with Gasteiger partial charge in [0.2, 0.25) is 0 Å². The average molecular weight is 363 g/mol. The molecule has 1 N–H and O–H groups in total. The van der Waals surface area contributed by atoms with Crippen molar-refractivity contribution in [3.8, 4) is 0 Å². The van der Waals surface area contributed by atoms with Crippen molar-refractivity contribution in [2.24, 2.45) is 5.10 Å². The molecule has 7 heteroatoms. The zero-order valence-corrected chi connectivity index (χ0v) is 14.8. The third-order valence-electron chi connectivity index (χ3n) is 3.53. The number of carbonyl (C=O) groups excluding carboxylic acids is 2.